The van der Waals surface area contributed by atoms with Crippen LogP contribution in [0.25, 0.3) is 10.2 Å². The van der Waals surface area contributed by atoms with E-state index in [9.17, 15) is 4.79 Å². The monoisotopic (exact) mass is 466 g/mol. The molecule has 31 heavy (non-hydrogen) atoms. The Morgan fingerprint density at radius 1 is 1.10 bits per heavy atom. The van der Waals surface area contributed by atoms with E-state index in [0.29, 0.717) is 27.5 Å². The molecule has 1 aromatic heterocycles. The zero-order chi connectivity index (χ0) is 22.0. The minimum absolute atomic E-state index is 0.0623. The lowest BCUT2D eigenvalue weighted by atomic mass is 10.1. The number of anilines is 1. The second-order valence-electron chi connectivity index (χ2n) is 7.63. The van der Waals surface area contributed by atoms with Crippen molar-refractivity contribution in [3.63, 3.8) is 0 Å². The minimum atomic E-state index is -0.0623. The number of aromatic nitrogens is 1. The molecule has 0 spiro atoms. The molecule has 3 nitrogen and oxygen atoms in total. The van der Waals surface area contributed by atoms with Gasteiger partial charge in [-0.1, -0.05) is 67.1 Å². The Hall–Kier alpha value is -2.34. The van der Waals surface area contributed by atoms with Crippen molar-refractivity contribution >= 4 is 56.0 Å². The number of amides is 1. The maximum absolute atomic E-state index is 13.6. The molecule has 0 bridgehead atoms. The Labute approximate surface area is 196 Å². The second-order valence-corrected chi connectivity index (χ2v) is 10.7. The number of aryl methyl sites for hydroxylation is 1. The number of carbonyl (C=O) groups excluding carboxylic acids is 1. The van der Waals surface area contributed by atoms with Crippen LogP contribution in [0.4, 0.5) is 5.13 Å². The molecule has 158 valence electrons. The average molecular weight is 467 g/mol. The lowest BCUT2D eigenvalue weighted by molar-refractivity contribution is 0.0985. The molecule has 1 heterocycles. The Kier molecular flexibility index (Phi) is 6.65. The van der Waals surface area contributed by atoms with Gasteiger partial charge >= 0.3 is 0 Å². The molecule has 3 aromatic carbocycles. The lowest BCUT2D eigenvalue weighted by Crippen LogP contribution is -2.30. The van der Waals surface area contributed by atoms with E-state index >= 15 is 0 Å². The third kappa shape index (κ3) is 5.12. The predicted molar refractivity (Wildman–Crippen MR) is 134 cm³/mol. The number of hydrogen-bond acceptors (Lipinski definition) is 4. The van der Waals surface area contributed by atoms with Crippen LogP contribution in [0.3, 0.4) is 0 Å². The fourth-order valence-corrected chi connectivity index (χ4v) is 5.61. The van der Waals surface area contributed by atoms with Crippen LogP contribution in [0.15, 0.2) is 71.6 Å². The number of nitrogens with zero attached hydrogens (tertiary/aromatic N) is 2. The van der Waals surface area contributed by atoms with Crippen LogP contribution in [-0.4, -0.2) is 16.1 Å². The Bertz CT molecular complexity index is 1200. The summed E-state index contributed by atoms with van der Waals surface area (Å²) < 4.78 is 0.981. The molecule has 0 aliphatic rings. The van der Waals surface area contributed by atoms with Crippen LogP contribution in [0, 0.1) is 6.92 Å². The second kappa shape index (κ2) is 9.43. The number of carbonyl (C=O) groups is 1. The van der Waals surface area contributed by atoms with Gasteiger partial charge in [-0.2, -0.15) is 0 Å². The summed E-state index contributed by atoms with van der Waals surface area (Å²) in [6.45, 7) is 6.76. The Morgan fingerprint density at radius 2 is 1.81 bits per heavy atom. The largest absolute Gasteiger partial charge is 0.279 e. The summed E-state index contributed by atoms with van der Waals surface area (Å²) in [5, 5.41) is 1.85. The molecule has 0 saturated carbocycles. The zero-order valence-electron chi connectivity index (χ0n) is 17.6. The van der Waals surface area contributed by atoms with Crippen LogP contribution in [0.5, 0.6) is 0 Å². The smallest absolute Gasteiger partial charge is 0.260 e. The van der Waals surface area contributed by atoms with E-state index in [0.717, 1.165) is 26.2 Å². The first kappa shape index (κ1) is 21.9. The summed E-state index contributed by atoms with van der Waals surface area (Å²) in [4.78, 5) is 21.3. The van der Waals surface area contributed by atoms with E-state index in [-0.39, 0.29) is 5.91 Å². The molecule has 0 aliphatic heterocycles. The van der Waals surface area contributed by atoms with Crippen LogP contribution in [0.2, 0.25) is 5.02 Å². The average Bonchev–Trinajstić information content (AvgIpc) is 3.16. The first-order chi connectivity index (χ1) is 14.9. The highest BCUT2D eigenvalue weighted by molar-refractivity contribution is 7.99. The number of benzene rings is 3. The van der Waals surface area contributed by atoms with Crippen LogP contribution in [-0.2, 0) is 6.54 Å². The van der Waals surface area contributed by atoms with E-state index in [1.165, 1.54) is 11.3 Å². The van der Waals surface area contributed by atoms with Gasteiger partial charge in [0.15, 0.2) is 5.13 Å². The molecule has 6 heteroatoms. The molecule has 0 radical (unpaired) electrons. The quantitative estimate of drug-likeness (QED) is 0.274. The molecular weight excluding hydrogens is 444 g/mol. The van der Waals surface area contributed by atoms with Crippen molar-refractivity contribution in [3.05, 3.63) is 88.4 Å². The zero-order valence-corrected chi connectivity index (χ0v) is 20.0. The molecule has 4 rings (SSSR count). The summed E-state index contributed by atoms with van der Waals surface area (Å²) in [5.74, 6) is -0.0623. The van der Waals surface area contributed by atoms with Crippen molar-refractivity contribution in [2.45, 2.75) is 37.5 Å². The third-order valence-corrected chi connectivity index (χ3v) is 7.03. The van der Waals surface area contributed by atoms with Crippen LogP contribution >= 0.6 is 34.7 Å². The van der Waals surface area contributed by atoms with E-state index in [1.807, 2.05) is 73.7 Å². The fraction of sp³-hybridized carbons (Fsp3) is 0.200. The summed E-state index contributed by atoms with van der Waals surface area (Å²) in [7, 11) is 0. The van der Waals surface area contributed by atoms with Crippen molar-refractivity contribution in [2.24, 2.45) is 0 Å². The number of thiazole rings is 1. The molecule has 0 saturated heterocycles. The van der Waals surface area contributed by atoms with Crippen molar-refractivity contribution in [1.29, 1.82) is 0 Å². The number of halogens is 1. The lowest BCUT2D eigenvalue weighted by Gasteiger charge is -2.20. The van der Waals surface area contributed by atoms with Crippen LogP contribution in [0.1, 0.15) is 35.3 Å². The molecule has 1 amide bonds. The van der Waals surface area contributed by atoms with E-state index < -0.39 is 0 Å². The van der Waals surface area contributed by atoms with E-state index in [4.69, 9.17) is 16.6 Å². The molecule has 0 N–H and O–H groups in total. The van der Waals surface area contributed by atoms with Gasteiger partial charge < -0.3 is 0 Å². The van der Waals surface area contributed by atoms with E-state index in [1.54, 1.807) is 16.7 Å². The summed E-state index contributed by atoms with van der Waals surface area (Å²) >= 11 is 9.53. The van der Waals surface area contributed by atoms with Gasteiger partial charge in [0, 0.05) is 20.7 Å². The van der Waals surface area contributed by atoms with Crippen molar-refractivity contribution < 1.29 is 4.79 Å². The van der Waals surface area contributed by atoms with Gasteiger partial charge in [-0.05, 0) is 54.4 Å². The molecule has 0 aliphatic carbocycles. The predicted octanol–water partition coefficient (Wildman–Crippen LogP) is 7.61. The molecule has 0 atom stereocenters. The summed E-state index contributed by atoms with van der Waals surface area (Å²) in [5.41, 5.74) is 3.60. The SMILES string of the molecule is Cc1cc(Cl)cc2sc(N(Cc3ccccc3)C(=O)c3ccc(SC(C)C)cc3)nc12. The highest BCUT2D eigenvalue weighted by atomic mass is 35.5. The van der Waals surface area contributed by atoms with Crippen molar-refractivity contribution in [3.8, 4) is 0 Å². The van der Waals surface area contributed by atoms with Gasteiger partial charge in [0.05, 0.1) is 16.8 Å². The third-order valence-electron chi connectivity index (χ3n) is 4.77. The molecule has 0 fully saturated rings. The van der Waals surface area contributed by atoms with Gasteiger partial charge in [-0.3, -0.25) is 9.69 Å². The topological polar surface area (TPSA) is 33.2 Å². The fourth-order valence-electron chi connectivity index (χ4n) is 3.35. The Balaban J connectivity index is 1.72. The van der Waals surface area contributed by atoms with Crippen molar-refractivity contribution in [2.75, 3.05) is 4.90 Å². The molecule has 0 unspecified atom stereocenters. The Morgan fingerprint density at radius 3 is 2.48 bits per heavy atom. The van der Waals surface area contributed by atoms with Gasteiger partial charge in [0.25, 0.3) is 5.91 Å². The van der Waals surface area contributed by atoms with Gasteiger partial charge in [-0.15, -0.1) is 11.8 Å². The first-order valence-corrected chi connectivity index (χ1v) is 12.2. The maximum atomic E-state index is 13.6. The van der Waals surface area contributed by atoms with Gasteiger partial charge in [-0.25, -0.2) is 4.98 Å². The number of fused-ring (bicyclic) bond motifs is 1. The molecular formula is C25H23ClN2OS2. The normalized spacial score (nSPS) is 11.3. The van der Waals surface area contributed by atoms with E-state index in [2.05, 4.69) is 13.8 Å². The maximum Gasteiger partial charge on any atom is 0.260 e. The molecule has 4 aromatic rings. The first-order valence-electron chi connectivity index (χ1n) is 10.1. The minimum Gasteiger partial charge on any atom is -0.279 e. The van der Waals surface area contributed by atoms with Gasteiger partial charge in [0.2, 0.25) is 0 Å². The number of hydrogen-bond donors (Lipinski definition) is 0. The standard InChI is InChI=1S/C25H23ClN2OS2/c1-16(2)30-21-11-9-19(10-12-21)24(29)28(15-18-7-5-4-6-8-18)25-27-23-17(3)13-20(26)14-22(23)31-25/h4-14,16H,15H2,1-3H3. The van der Waals surface area contributed by atoms with Gasteiger partial charge in [0.1, 0.15) is 0 Å². The highest BCUT2D eigenvalue weighted by Gasteiger charge is 2.22. The van der Waals surface area contributed by atoms with Crippen LogP contribution < -0.4 is 4.90 Å². The number of thioether (sulfide) groups is 1. The highest BCUT2D eigenvalue weighted by Crippen LogP contribution is 2.34. The summed E-state index contributed by atoms with van der Waals surface area (Å²) in [6, 6.07) is 21.6. The number of rotatable bonds is 6. The summed E-state index contributed by atoms with van der Waals surface area (Å²) in [6.07, 6.45) is 0. The van der Waals surface area contributed by atoms with Crippen molar-refractivity contribution in [1.82, 2.24) is 4.98 Å².